The van der Waals surface area contributed by atoms with E-state index in [-0.39, 0.29) is 5.54 Å². The smallest absolute Gasteiger partial charge is 0.383 e. The van der Waals surface area contributed by atoms with Crippen molar-refractivity contribution in [1.29, 1.82) is 0 Å². The standard InChI is InChI=1S/C14H25NO3Si/c1-12(15-14-9-7-6-8-10-14)11-13(2)19(16-3,17-4)18-5/h6-10,12-13,15H,11H2,1-5H3. The van der Waals surface area contributed by atoms with E-state index in [0.717, 1.165) is 12.1 Å². The Hall–Kier alpha value is -0.883. The Morgan fingerprint density at radius 1 is 1.00 bits per heavy atom. The van der Waals surface area contributed by atoms with Gasteiger partial charge in [0.1, 0.15) is 0 Å². The van der Waals surface area contributed by atoms with Crippen LogP contribution in [0, 0.1) is 0 Å². The SMILES string of the molecule is CO[Si](OC)(OC)C(C)CC(C)Nc1ccccc1. The van der Waals surface area contributed by atoms with E-state index in [9.17, 15) is 0 Å². The lowest BCUT2D eigenvalue weighted by Gasteiger charge is -2.32. The highest BCUT2D eigenvalue weighted by atomic mass is 28.4. The molecule has 0 bridgehead atoms. The molecule has 108 valence electrons. The number of hydrogen-bond acceptors (Lipinski definition) is 4. The molecule has 1 aromatic rings. The van der Waals surface area contributed by atoms with Crippen LogP contribution < -0.4 is 5.32 Å². The summed E-state index contributed by atoms with van der Waals surface area (Å²) in [5, 5.41) is 3.47. The van der Waals surface area contributed by atoms with Gasteiger partial charge in [-0.1, -0.05) is 25.1 Å². The second-order valence-electron chi connectivity index (χ2n) is 4.76. The van der Waals surface area contributed by atoms with Crippen LogP contribution in [0.4, 0.5) is 5.69 Å². The number of nitrogens with one attached hydrogen (secondary N) is 1. The van der Waals surface area contributed by atoms with Crippen molar-refractivity contribution < 1.29 is 13.3 Å². The Kier molecular flexibility index (Phi) is 6.51. The quantitative estimate of drug-likeness (QED) is 0.744. The molecule has 0 saturated carbocycles. The summed E-state index contributed by atoms with van der Waals surface area (Å²) in [6.45, 7) is 4.27. The highest BCUT2D eigenvalue weighted by Crippen LogP contribution is 2.28. The maximum Gasteiger partial charge on any atom is 0.503 e. The summed E-state index contributed by atoms with van der Waals surface area (Å²) in [5.74, 6) is 0. The minimum atomic E-state index is -2.54. The Morgan fingerprint density at radius 2 is 1.53 bits per heavy atom. The van der Waals surface area contributed by atoms with Gasteiger partial charge in [-0.05, 0) is 25.5 Å². The summed E-state index contributed by atoms with van der Waals surface area (Å²) in [5.41, 5.74) is 1.36. The number of anilines is 1. The van der Waals surface area contributed by atoms with Gasteiger partial charge in [0, 0.05) is 38.6 Å². The molecule has 0 aromatic heterocycles. The van der Waals surface area contributed by atoms with Gasteiger partial charge >= 0.3 is 8.80 Å². The molecular weight excluding hydrogens is 258 g/mol. The minimum absolute atomic E-state index is 0.235. The monoisotopic (exact) mass is 283 g/mol. The first-order valence-corrected chi connectivity index (χ1v) is 8.35. The molecular formula is C14H25NO3Si. The van der Waals surface area contributed by atoms with Crippen LogP contribution in [0.1, 0.15) is 20.3 Å². The molecule has 2 atom stereocenters. The fourth-order valence-electron chi connectivity index (χ4n) is 2.41. The lowest BCUT2D eigenvalue weighted by atomic mass is 10.2. The molecule has 1 rings (SSSR count). The maximum absolute atomic E-state index is 5.52. The molecule has 0 aliphatic rings. The zero-order valence-corrected chi connectivity index (χ0v) is 13.5. The molecule has 2 unspecified atom stereocenters. The predicted molar refractivity (Wildman–Crippen MR) is 80.3 cm³/mol. The zero-order valence-electron chi connectivity index (χ0n) is 12.5. The van der Waals surface area contributed by atoms with Gasteiger partial charge in [-0.2, -0.15) is 0 Å². The van der Waals surface area contributed by atoms with Crippen molar-refractivity contribution in [2.45, 2.75) is 31.9 Å². The average molecular weight is 283 g/mol. The Labute approximate surface area is 117 Å². The number of benzene rings is 1. The first-order valence-electron chi connectivity index (χ1n) is 6.55. The summed E-state index contributed by atoms with van der Waals surface area (Å²) in [6, 6.07) is 10.5. The lowest BCUT2D eigenvalue weighted by Crippen LogP contribution is -2.47. The van der Waals surface area contributed by atoms with E-state index in [2.05, 4.69) is 31.3 Å². The normalized spacial score (nSPS) is 15.0. The van der Waals surface area contributed by atoms with Crippen LogP contribution in [0.3, 0.4) is 0 Å². The predicted octanol–water partition coefficient (Wildman–Crippen LogP) is 3.15. The van der Waals surface area contributed by atoms with Gasteiger partial charge in [0.25, 0.3) is 0 Å². The van der Waals surface area contributed by atoms with Crippen LogP contribution >= 0.6 is 0 Å². The summed E-state index contributed by atoms with van der Waals surface area (Å²) in [4.78, 5) is 0. The van der Waals surface area contributed by atoms with Crippen LogP contribution in [-0.2, 0) is 13.3 Å². The largest absolute Gasteiger partial charge is 0.503 e. The third-order valence-corrected chi connectivity index (χ3v) is 6.50. The Balaban J connectivity index is 2.58. The third kappa shape index (κ3) is 4.31. The molecule has 1 aromatic carbocycles. The number of hydrogen-bond donors (Lipinski definition) is 1. The molecule has 0 aliphatic carbocycles. The molecule has 0 heterocycles. The van der Waals surface area contributed by atoms with E-state index in [1.165, 1.54) is 0 Å². The van der Waals surface area contributed by atoms with E-state index < -0.39 is 8.80 Å². The average Bonchev–Trinajstić information content (AvgIpc) is 2.42. The highest BCUT2D eigenvalue weighted by Gasteiger charge is 2.44. The fourth-order valence-corrected chi connectivity index (χ4v) is 4.76. The third-order valence-electron chi connectivity index (χ3n) is 3.35. The minimum Gasteiger partial charge on any atom is -0.383 e. The first-order chi connectivity index (χ1) is 9.07. The molecule has 19 heavy (non-hydrogen) atoms. The molecule has 4 nitrogen and oxygen atoms in total. The topological polar surface area (TPSA) is 39.7 Å². The van der Waals surface area contributed by atoms with E-state index in [4.69, 9.17) is 13.3 Å². The summed E-state index contributed by atoms with van der Waals surface area (Å²) in [7, 11) is 2.43. The molecule has 5 heteroatoms. The molecule has 0 amide bonds. The van der Waals surface area contributed by atoms with Gasteiger partial charge in [0.15, 0.2) is 0 Å². The zero-order chi connectivity index (χ0) is 14.3. The second-order valence-corrected chi connectivity index (χ2v) is 8.18. The summed E-state index contributed by atoms with van der Waals surface area (Å²) in [6.07, 6.45) is 0.927. The van der Waals surface area contributed by atoms with Crippen molar-refractivity contribution in [3.05, 3.63) is 30.3 Å². The van der Waals surface area contributed by atoms with Gasteiger partial charge in [-0.25, -0.2) is 0 Å². The van der Waals surface area contributed by atoms with Crippen molar-refractivity contribution in [2.75, 3.05) is 26.6 Å². The van der Waals surface area contributed by atoms with E-state index in [1.807, 2.05) is 18.2 Å². The highest BCUT2D eigenvalue weighted by molar-refractivity contribution is 6.62. The fraction of sp³-hybridized carbons (Fsp3) is 0.571. The van der Waals surface area contributed by atoms with E-state index in [0.29, 0.717) is 6.04 Å². The van der Waals surface area contributed by atoms with E-state index in [1.54, 1.807) is 21.3 Å². The van der Waals surface area contributed by atoms with E-state index >= 15 is 0 Å². The Morgan fingerprint density at radius 3 is 2.00 bits per heavy atom. The number of para-hydroxylation sites is 1. The van der Waals surface area contributed by atoms with Crippen LogP contribution in [0.5, 0.6) is 0 Å². The van der Waals surface area contributed by atoms with Crippen LogP contribution in [-0.4, -0.2) is 36.2 Å². The maximum atomic E-state index is 5.52. The van der Waals surface area contributed by atoms with Crippen molar-refractivity contribution in [3.8, 4) is 0 Å². The van der Waals surface area contributed by atoms with Gasteiger partial charge < -0.3 is 18.6 Å². The van der Waals surface area contributed by atoms with Gasteiger partial charge in [0.2, 0.25) is 0 Å². The molecule has 0 saturated heterocycles. The summed E-state index contributed by atoms with van der Waals surface area (Å²) < 4.78 is 16.5. The van der Waals surface area contributed by atoms with Gasteiger partial charge in [0.05, 0.1) is 0 Å². The van der Waals surface area contributed by atoms with Crippen molar-refractivity contribution >= 4 is 14.5 Å². The van der Waals surface area contributed by atoms with Gasteiger partial charge in [-0.15, -0.1) is 0 Å². The van der Waals surface area contributed by atoms with Crippen LogP contribution in [0.15, 0.2) is 30.3 Å². The summed E-state index contributed by atoms with van der Waals surface area (Å²) >= 11 is 0. The first kappa shape index (κ1) is 16.2. The van der Waals surface area contributed by atoms with Crippen LogP contribution in [0.2, 0.25) is 5.54 Å². The lowest BCUT2D eigenvalue weighted by molar-refractivity contribution is 0.111. The van der Waals surface area contributed by atoms with Crippen molar-refractivity contribution in [3.63, 3.8) is 0 Å². The van der Waals surface area contributed by atoms with Gasteiger partial charge in [-0.3, -0.25) is 0 Å². The van der Waals surface area contributed by atoms with Crippen molar-refractivity contribution in [1.82, 2.24) is 0 Å². The Bertz CT molecular complexity index is 349. The second kappa shape index (κ2) is 7.64. The number of rotatable bonds is 8. The molecule has 0 aliphatic heterocycles. The van der Waals surface area contributed by atoms with Crippen molar-refractivity contribution in [2.24, 2.45) is 0 Å². The van der Waals surface area contributed by atoms with Crippen LogP contribution in [0.25, 0.3) is 0 Å². The molecule has 1 N–H and O–H groups in total. The molecule has 0 fully saturated rings. The molecule has 0 radical (unpaired) electrons. The molecule has 0 spiro atoms.